The van der Waals surface area contributed by atoms with Gasteiger partial charge in [-0.25, -0.2) is 8.42 Å². The summed E-state index contributed by atoms with van der Waals surface area (Å²) < 4.78 is 23.8. The van der Waals surface area contributed by atoms with Crippen LogP contribution in [-0.4, -0.2) is 14.7 Å². The Hall–Kier alpha value is -0.820. The van der Waals surface area contributed by atoms with Crippen LogP contribution in [0, 0.1) is 0 Å². The first-order chi connectivity index (χ1) is 9.77. The molecule has 0 fully saturated rings. The van der Waals surface area contributed by atoms with Crippen LogP contribution in [0.25, 0.3) is 0 Å². The Balaban J connectivity index is 2.22. The predicted molar refractivity (Wildman–Crippen MR) is 90.4 cm³/mol. The third kappa shape index (κ3) is 4.32. The monoisotopic (exact) mass is 385 g/mol. The van der Waals surface area contributed by atoms with Crippen molar-refractivity contribution < 1.29 is 8.42 Å². The molecule has 0 amide bonds. The Morgan fingerprint density at radius 1 is 1.14 bits per heavy atom. The Bertz CT molecular complexity index is 741. The molecule has 0 spiro atoms. The van der Waals surface area contributed by atoms with Crippen molar-refractivity contribution in [3.63, 3.8) is 0 Å². The van der Waals surface area contributed by atoms with Gasteiger partial charge in [0.1, 0.15) is 0 Å². The van der Waals surface area contributed by atoms with Crippen LogP contribution in [0.15, 0.2) is 61.6 Å². The maximum atomic E-state index is 11.4. The lowest BCUT2D eigenvalue weighted by Crippen LogP contribution is -2.04. The molecular weight excluding hydrogens is 370 g/mol. The average molecular weight is 386 g/mol. The molecule has 21 heavy (non-hydrogen) atoms. The van der Waals surface area contributed by atoms with E-state index in [0.29, 0.717) is 4.90 Å². The molecule has 6 heteroatoms. The molecule has 2 aromatic carbocycles. The SMILES string of the molecule is C[C@H](N)c1ccc(Sc2ccc(S(C)(=O)=O)cc2)c(Br)c1. The normalized spacial score (nSPS) is 13.1. The second-order valence-electron chi connectivity index (χ2n) is 4.82. The second-order valence-corrected chi connectivity index (χ2v) is 8.81. The molecule has 0 unspecified atom stereocenters. The Kier molecular flexibility index (Phi) is 5.14. The van der Waals surface area contributed by atoms with E-state index in [1.807, 2.05) is 37.3 Å². The maximum absolute atomic E-state index is 11.4. The van der Waals surface area contributed by atoms with E-state index in [9.17, 15) is 8.42 Å². The quantitative estimate of drug-likeness (QED) is 0.862. The van der Waals surface area contributed by atoms with Gasteiger partial charge >= 0.3 is 0 Å². The molecule has 0 aliphatic rings. The lowest BCUT2D eigenvalue weighted by atomic mass is 10.1. The molecule has 0 aliphatic heterocycles. The van der Waals surface area contributed by atoms with Crippen LogP contribution in [0.2, 0.25) is 0 Å². The smallest absolute Gasteiger partial charge is 0.175 e. The van der Waals surface area contributed by atoms with Gasteiger partial charge in [-0.05, 0) is 64.8 Å². The summed E-state index contributed by atoms with van der Waals surface area (Å²) in [7, 11) is -3.15. The highest BCUT2D eigenvalue weighted by Crippen LogP contribution is 2.35. The number of sulfone groups is 1. The average Bonchev–Trinajstić information content (AvgIpc) is 2.40. The second kappa shape index (κ2) is 6.52. The Labute approximate surface area is 138 Å². The first-order valence-electron chi connectivity index (χ1n) is 6.30. The van der Waals surface area contributed by atoms with Crippen LogP contribution >= 0.6 is 27.7 Å². The fraction of sp³-hybridized carbons (Fsp3) is 0.200. The minimum Gasteiger partial charge on any atom is -0.324 e. The van der Waals surface area contributed by atoms with Crippen molar-refractivity contribution in [2.45, 2.75) is 27.7 Å². The lowest BCUT2D eigenvalue weighted by Gasteiger charge is -2.10. The predicted octanol–water partition coefficient (Wildman–Crippen LogP) is 4.02. The van der Waals surface area contributed by atoms with E-state index in [0.717, 1.165) is 19.8 Å². The molecule has 112 valence electrons. The van der Waals surface area contributed by atoms with Crippen molar-refractivity contribution in [1.82, 2.24) is 0 Å². The summed E-state index contributed by atoms with van der Waals surface area (Å²) in [5, 5.41) is 0. The summed E-state index contributed by atoms with van der Waals surface area (Å²) in [5.74, 6) is 0. The third-order valence-electron chi connectivity index (χ3n) is 2.96. The van der Waals surface area contributed by atoms with Crippen molar-refractivity contribution in [2.24, 2.45) is 5.73 Å². The number of halogens is 1. The van der Waals surface area contributed by atoms with Crippen molar-refractivity contribution in [3.8, 4) is 0 Å². The summed E-state index contributed by atoms with van der Waals surface area (Å²) >= 11 is 5.12. The van der Waals surface area contributed by atoms with Crippen LogP contribution in [-0.2, 0) is 9.84 Å². The number of hydrogen-bond acceptors (Lipinski definition) is 4. The molecule has 2 aromatic rings. The third-order valence-corrected chi connectivity index (χ3v) is 6.09. The van der Waals surface area contributed by atoms with Gasteiger partial charge in [-0.3, -0.25) is 0 Å². The molecular formula is C15H16BrNO2S2. The van der Waals surface area contributed by atoms with Crippen LogP contribution < -0.4 is 5.73 Å². The van der Waals surface area contributed by atoms with Crippen LogP contribution in [0.3, 0.4) is 0 Å². The first kappa shape index (κ1) is 16.5. The number of benzene rings is 2. The van der Waals surface area contributed by atoms with Gasteiger partial charge in [-0.1, -0.05) is 17.8 Å². The molecule has 0 saturated heterocycles. The number of rotatable bonds is 4. The number of nitrogens with two attached hydrogens (primary N) is 1. The molecule has 2 rings (SSSR count). The molecule has 0 aromatic heterocycles. The molecule has 1 atom stereocenters. The maximum Gasteiger partial charge on any atom is 0.175 e. The van der Waals surface area contributed by atoms with E-state index < -0.39 is 9.84 Å². The molecule has 0 bridgehead atoms. The Morgan fingerprint density at radius 3 is 2.24 bits per heavy atom. The topological polar surface area (TPSA) is 60.2 Å². The van der Waals surface area contributed by atoms with Crippen LogP contribution in [0.5, 0.6) is 0 Å². The summed E-state index contributed by atoms with van der Waals surface area (Å²) in [6.07, 6.45) is 1.21. The van der Waals surface area contributed by atoms with Gasteiger partial charge in [-0.2, -0.15) is 0 Å². The van der Waals surface area contributed by atoms with Crippen LogP contribution in [0.1, 0.15) is 18.5 Å². The van der Waals surface area contributed by atoms with Gasteiger partial charge in [0.15, 0.2) is 9.84 Å². The van der Waals surface area contributed by atoms with E-state index in [2.05, 4.69) is 15.9 Å². The van der Waals surface area contributed by atoms with Crippen molar-refractivity contribution >= 4 is 37.5 Å². The molecule has 0 saturated carbocycles. The molecule has 2 N–H and O–H groups in total. The molecule has 0 radical (unpaired) electrons. The number of hydrogen-bond donors (Lipinski definition) is 1. The van der Waals surface area contributed by atoms with Gasteiger partial charge in [0.05, 0.1) is 4.90 Å². The lowest BCUT2D eigenvalue weighted by molar-refractivity contribution is 0.602. The fourth-order valence-corrected chi connectivity index (χ4v) is 3.85. The fourth-order valence-electron chi connectivity index (χ4n) is 1.76. The molecule has 3 nitrogen and oxygen atoms in total. The van der Waals surface area contributed by atoms with Gasteiger partial charge in [0, 0.05) is 26.6 Å². The van der Waals surface area contributed by atoms with Gasteiger partial charge < -0.3 is 5.73 Å². The molecule has 0 heterocycles. The minimum absolute atomic E-state index is 0.00519. The summed E-state index contributed by atoms with van der Waals surface area (Å²) in [5.41, 5.74) is 6.93. The Morgan fingerprint density at radius 2 is 1.76 bits per heavy atom. The van der Waals surface area contributed by atoms with Crippen molar-refractivity contribution in [3.05, 3.63) is 52.5 Å². The zero-order valence-electron chi connectivity index (χ0n) is 11.7. The van der Waals surface area contributed by atoms with Gasteiger partial charge in [0.25, 0.3) is 0 Å². The standard InChI is InChI=1S/C15H16BrNO2S2/c1-10(17)11-3-8-15(14(16)9-11)20-12-4-6-13(7-5-12)21(2,18)19/h3-10H,17H2,1-2H3/t10-/m0/s1. The molecule has 0 aliphatic carbocycles. The van der Waals surface area contributed by atoms with E-state index in [-0.39, 0.29) is 6.04 Å². The summed E-state index contributed by atoms with van der Waals surface area (Å²) in [4.78, 5) is 2.38. The zero-order chi connectivity index (χ0) is 15.6. The highest BCUT2D eigenvalue weighted by molar-refractivity contribution is 9.10. The van der Waals surface area contributed by atoms with E-state index in [1.165, 1.54) is 6.26 Å². The summed E-state index contributed by atoms with van der Waals surface area (Å²) in [6.45, 7) is 1.94. The minimum atomic E-state index is -3.15. The van der Waals surface area contributed by atoms with E-state index >= 15 is 0 Å². The highest BCUT2D eigenvalue weighted by atomic mass is 79.9. The zero-order valence-corrected chi connectivity index (χ0v) is 14.9. The highest BCUT2D eigenvalue weighted by Gasteiger charge is 2.09. The largest absolute Gasteiger partial charge is 0.324 e. The van der Waals surface area contributed by atoms with Crippen LogP contribution in [0.4, 0.5) is 0 Å². The summed E-state index contributed by atoms with van der Waals surface area (Å²) in [6, 6.07) is 12.9. The first-order valence-corrected chi connectivity index (χ1v) is 9.80. The van der Waals surface area contributed by atoms with E-state index in [1.54, 1.807) is 23.9 Å². The van der Waals surface area contributed by atoms with Crippen molar-refractivity contribution in [1.29, 1.82) is 0 Å². The van der Waals surface area contributed by atoms with Crippen molar-refractivity contribution in [2.75, 3.05) is 6.26 Å². The van der Waals surface area contributed by atoms with Gasteiger partial charge in [-0.15, -0.1) is 0 Å². The van der Waals surface area contributed by atoms with E-state index in [4.69, 9.17) is 5.73 Å². The van der Waals surface area contributed by atoms with Gasteiger partial charge in [0.2, 0.25) is 0 Å².